The van der Waals surface area contributed by atoms with Gasteiger partial charge in [-0.1, -0.05) is 6.07 Å². The molecular weight excluding hydrogens is 346 g/mol. The highest BCUT2D eigenvalue weighted by Gasteiger charge is 2.29. The second kappa shape index (κ2) is 7.18. The number of nitrogens with one attached hydrogen (secondary N) is 1. The van der Waals surface area contributed by atoms with E-state index in [4.69, 9.17) is 0 Å². The van der Waals surface area contributed by atoms with Crippen LogP contribution in [0.5, 0.6) is 0 Å². The van der Waals surface area contributed by atoms with Gasteiger partial charge in [0.15, 0.2) is 0 Å². The summed E-state index contributed by atoms with van der Waals surface area (Å²) in [5.41, 5.74) is 1.26. The maximum atomic E-state index is 13.0. The average molecular weight is 367 g/mol. The van der Waals surface area contributed by atoms with Gasteiger partial charge < -0.3 is 4.90 Å². The number of H-pyrrole nitrogens is 1. The van der Waals surface area contributed by atoms with Crippen LogP contribution < -0.4 is 5.69 Å². The fourth-order valence-corrected chi connectivity index (χ4v) is 3.64. The number of hydrogen-bond donors (Lipinski definition) is 1. The number of carbonyl (C=O) groups excluding carboxylic acids is 1. The van der Waals surface area contributed by atoms with Crippen molar-refractivity contribution in [3.63, 3.8) is 0 Å². The molecule has 0 unspecified atom stereocenters. The Hall–Kier alpha value is -3.23. The number of rotatable bonds is 4. The normalized spacial score (nSPS) is 17.2. The average Bonchev–Trinajstić information content (AvgIpc) is 3.37. The summed E-state index contributed by atoms with van der Waals surface area (Å²) in [7, 11) is 0. The number of hydrogen-bond acceptors (Lipinski definition) is 5. The second-order valence-corrected chi connectivity index (χ2v) is 6.64. The van der Waals surface area contributed by atoms with E-state index in [1.165, 1.54) is 0 Å². The van der Waals surface area contributed by atoms with Gasteiger partial charge in [-0.2, -0.15) is 5.10 Å². The van der Waals surface area contributed by atoms with Gasteiger partial charge in [0.1, 0.15) is 18.5 Å². The minimum absolute atomic E-state index is 0.0180. The predicted octanol–water partition coefficient (Wildman–Crippen LogP) is 1.19. The van der Waals surface area contributed by atoms with Crippen molar-refractivity contribution in [3.05, 3.63) is 58.8 Å². The van der Waals surface area contributed by atoms with Crippen LogP contribution in [0, 0.1) is 0 Å². The summed E-state index contributed by atoms with van der Waals surface area (Å²) in [6, 6.07) is 7.41. The highest BCUT2D eigenvalue weighted by atomic mass is 16.2. The summed E-state index contributed by atoms with van der Waals surface area (Å²) in [6.07, 6.45) is 4.99. The lowest BCUT2D eigenvalue weighted by atomic mass is 9.96. The van der Waals surface area contributed by atoms with Crippen molar-refractivity contribution in [2.75, 3.05) is 13.1 Å². The molecule has 3 aromatic rings. The first-order valence-corrected chi connectivity index (χ1v) is 9.07. The summed E-state index contributed by atoms with van der Waals surface area (Å²) in [5, 5.41) is 14.3. The number of likely N-dealkylation sites (tertiary alicyclic amines) is 1. The molecule has 1 aliphatic rings. The Bertz CT molecular complexity index is 989. The highest BCUT2D eigenvalue weighted by Crippen LogP contribution is 2.26. The molecule has 2 aromatic heterocycles. The number of amides is 1. The highest BCUT2D eigenvalue weighted by molar-refractivity contribution is 5.94. The summed E-state index contributed by atoms with van der Waals surface area (Å²) in [6.45, 7) is 3.74. The quantitative estimate of drug-likeness (QED) is 0.746. The molecule has 1 fully saturated rings. The summed E-state index contributed by atoms with van der Waals surface area (Å²) < 4.78 is 3.41. The maximum Gasteiger partial charge on any atom is 0.343 e. The Morgan fingerprint density at radius 3 is 2.89 bits per heavy atom. The Labute approximate surface area is 155 Å². The molecule has 140 valence electrons. The van der Waals surface area contributed by atoms with Crippen molar-refractivity contribution < 1.29 is 4.79 Å². The molecule has 4 rings (SSSR count). The third-order valence-corrected chi connectivity index (χ3v) is 4.99. The number of piperidine rings is 1. The smallest absolute Gasteiger partial charge is 0.338 e. The molecule has 0 spiro atoms. The Kier molecular flexibility index (Phi) is 4.57. The number of aromatic nitrogens is 6. The van der Waals surface area contributed by atoms with Gasteiger partial charge in [0, 0.05) is 36.8 Å². The van der Waals surface area contributed by atoms with E-state index in [-0.39, 0.29) is 17.5 Å². The number of carbonyl (C=O) groups is 1. The van der Waals surface area contributed by atoms with Crippen LogP contribution in [0.1, 0.15) is 41.9 Å². The van der Waals surface area contributed by atoms with Gasteiger partial charge in [-0.25, -0.2) is 9.89 Å². The van der Waals surface area contributed by atoms with Crippen LogP contribution >= 0.6 is 0 Å². The van der Waals surface area contributed by atoms with Crippen molar-refractivity contribution in [1.82, 2.24) is 34.4 Å². The molecule has 1 saturated heterocycles. The van der Waals surface area contributed by atoms with Crippen molar-refractivity contribution in [3.8, 4) is 5.69 Å². The lowest BCUT2D eigenvalue weighted by Crippen LogP contribution is -2.40. The molecule has 1 aliphatic heterocycles. The predicted molar refractivity (Wildman–Crippen MR) is 97.8 cm³/mol. The monoisotopic (exact) mass is 367 g/mol. The number of nitrogens with zero attached hydrogens (tertiary/aromatic N) is 6. The van der Waals surface area contributed by atoms with Crippen molar-refractivity contribution >= 4 is 5.91 Å². The van der Waals surface area contributed by atoms with E-state index < -0.39 is 0 Å². The molecule has 9 heteroatoms. The fourth-order valence-electron chi connectivity index (χ4n) is 3.64. The van der Waals surface area contributed by atoms with E-state index >= 15 is 0 Å². The lowest BCUT2D eigenvalue weighted by Gasteiger charge is -2.32. The minimum atomic E-state index is -0.197. The third kappa shape index (κ3) is 3.27. The zero-order valence-electron chi connectivity index (χ0n) is 15.1. The lowest BCUT2D eigenvalue weighted by molar-refractivity contribution is 0.0703. The minimum Gasteiger partial charge on any atom is -0.338 e. The van der Waals surface area contributed by atoms with Gasteiger partial charge in [-0.05, 0) is 38.0 Å². The number of benzene rings is 1. The molecule has 0 aliphatic carbocycles. The standard InChI is InChI=1S/C18H21N7O2/c1-2-25-16(21-22-18(25)27)14-6-4-8-23(10-14)17(26)13-5-3-7-15(9-13)24-11-19-20-12-24/h3,5,7,9,11-12,14H,2,4,6,8,10H2,1H3,(H,22,27)/t14-/m1/s1. The summed E-state index contributed by atoms with van der Waals surface area (Å²) in [5.74, 6) is 0.774. The molecule has 0 saturated carbocycles. The van der Waals surface area contributed by atoms with Crippen LogP contribution in [0.15, 0.2) is 41.7 Å². The first kappa shape index (κ1) is 17.2. The Morgan fingerprint density at radius 1 is 1.30 bits per heavy atom. The molecule has 1 amide bonds. The van der Waals surface area contributed by atoms with Gasteiger partial charge in [-0.15, -0.1) is 10.2 Å². The molecule has 1 atom stereocenters. The summed E-state index contributed by atoms with van der Waals surface area (Å²) in [4.78, 5) is 26.7. The van der Waals surface area contributed by atoms with E-state index in [2.05, 4.69) is 20.4 Å². The molecule has 9 nitrogen and oxygen atoms in total. The van der Waals surface area contributed by atoms with E-state index in [1.54, 1.807) is 21.8 Å². The molecule has 0 bridgehead atoms. The van der Waals surface area contributed by atoms with Crippen LogP contribution in [-0.4, -0.2) is 53.4 Å². The first-order valence-electron chi connectivity index (χ1n) is 9.07. The molecule has 3 heterocycles. The molecule has 1 aromatic carbocycles. The van der Waals surface area contributed by atoms with Gasteiger partial charge in [-0.3, -0.25) is 13.9 Å². The van der Waals surface area contributed by atoms with E-state index in [1.807, 2.05) is 36.1 Å². The second-order valence-electron chi connectivity index (χ2n) is 6.64. The van der Waals surface area contributed by atoms with Crippen LogP contribution in [0.4, 0.5) is 0 Å². The SMILES string of the molecule is CCn1c([C@@H]2CCCN(C(=O)c3cccc(-n4cnnc4)c3)C2)n[nH]c1=O. The molecular formula is C18H21N7O2. The largest absolute Gasteiger partial charge is 0.343 e. The fraction of sp³-hybridized carbons (Fsp3) is 0.389. The van der Waals surface area contributed by atoms with E-state index in [9.17, 15) is 9.59 Å². The topological polar surface area (TPSA) is 102 Å². The van der Waals surface area contributed by atoms with Gasteiger partial charge in [0.05, 0.1) is 0 Å². The van der Waals surface area contributed by atoms with E-state index in [0.717, 1.165) is 24.4 Å². The Morgan fingerprint density at radius 2 is 2.11 bits per heavy atom. The molecule has 0 radical (unpaired) electrons. The summed E-state index contributed by atoms with van der Waals surface area (Å²) >= 11 is 0. The van der Waals surface area contributed by atoms with Crippen LogP contribution in [0.25, 0.3) is 5.69 Å². The molecule has 1 N–H and O–H groups in total. The zero-order chi connectivity index (χ0) is 18.8. The maximum absolute atomic E-state index is 13.0. The van der Waals surface area contributed by atoms with Crippen LogP contribution in [0.2, 0.25) is 0 Å². The Balaban J connectivity index is 1.55. The number of aromatic amines is 1. The molecule has 27 heavy (non-hydrogen) atoms. The van der Waals surface area contributed by atoms with Gasteiger partial charge in [0.2, 0.25) is 0 Å². The van der Waals surface area contributed by atoms with E-state index in [0.29, 0.717) is 25.2 Å². The van der Waals surface area contributed by atoms with Crippen molar-refractivity contribution in [2.24, 2.45) is 0 Å². The van der Waals surface area contributed by atoms with Crippen LogP contribution in [-0.2, 0) is 6.54 Å². The first-order chi connectivity index (χ1) is 13.2. The van der Waals surface area contributed by atoms with Gasteiger partial charge in [0.25, 0.3) is 5.91 Å². The van der Waals surface area contributed by atoms with Crippen molar-refractivity contribution in [1.29, 1.82) is 0 Å². The van der Waals surface area contributed by atoms with Gasteiger partial charge >= 0.3 is 5.69 Å². The van der Waals surface area contributed by atoms with Crippen LogP contribution in [0.3, 0.4) is 0 Å². The third-order valence-electron chi connectivity index (χ3n) is 4.99. The zero-order valence-corrected chi connectivity index (χ0v) is 15.1. The van der Waals surface area contributed by atoms with Crippen molar-refractivity contribution in [2.45, 2.75) is 32.2 Å².